The molecule has 0 atom stereocenters. The maximum Gasteiger partial charge on any atom is 0.193 e. The number of nitrogens with zero attached hydrogens (tertiary/aromatic N) is 2. The molecule has 0 heterocycles. The average Bonchev–Trinajstić information content (AvgIpc) is 3.08. The van der Waals surface area contributed by atoms with Crippen LogP contribution in [-0.2, 0) is 25.9 Å². The maximum atomic E-state index is 6.07. The molecule has 26 heavy (non-hydrogen) atoms. The summed E-state index contributed by atoms with van der Waals surface area (Å²) in [5.74, 6) is 0.467. The Labute approximate surface area is 173 Å². The number of benzene rings is 2. The fraction of sp³-hybridized carbons (Fsp3) is 0.381. The van der Waals surface area contributed by atoms with Crippen LogP contribution in [0.2, 0.25) is 0 Å². The highest BCUT2D eigenvalue weighted by Crippen LogP contribution is 2.24. The summed E-state index contributed by atoms with van der Waals surface area (Å²) in [5.41, 5.74) is 12.5. The van der Waals surface area contributed by atoms with E-state index in [4.69, 9.17) is 5.73 Å². The Hall–Kier alpha value is -1.60. The minimum atomic E-state index is 0. The number of halogens is 1. The van der Waals surface area contributed by atoms with E-state index < -0.39 is 0 Å². The quantitative estimate of drug-likeness (QED) is 0.383. The smallest absolute Gasteiger partial charge is 0.193 e. The first-order valence-electron chi connectivity index (χ1n) is 9.09. The Morgan fingerprint density at radius 2 is 1.88 bits per heavy atom. The van der Waals surface area contributed by atoms with Gasteiger partial charge in [-0.05, 0) is 67.2 Å². The lowest BCUT2D eigenvalue weighted by molar-refractivity contribution is 0.345. The lowest BCUT2D eigenvalue weighted by Gasteiger charge is -2.14. The third-order valence-electron chi connectivity index (χ3n) is 4.79. The van der Waals surface area contributed by atoms with E-state index in [9.17, 15) is 0 Å². The van der Waals surface area contributed by atoms with Crippen LogP contribution in [0.3, 0.4) is 0 Å². The van der Waals surface area contributed by atoms with Crippen LogP contribution in [-0.4, -0.2) is 24.5 Å². The van der Waals surface area contributed by atoms with Crippen LogP contribution in [0.5, 0.6) is 0 Å². The van der Waals surface area contributed by atoms with Gasteiger partial charge in [0.15, 0.2) is 5.96 Å². The van der Waals surface area contributed by atoms with Crippen molar-refractivity contribution in [3.63, 3.8) is 0 Å². The van der Waals surface area contributed by atoms with Gasteiger partial charge in [-0.25, -0.2) is 4.99 Å². The Bertz CT molecular complexity index is 757. The second kappa shape index (κ2) is 9.92. The molecule has 0 saturated heterocycles. The SMILES string of the molecule is CCN(C)Cc1cccc(CN=C(N)Nc2ccc3c(c2)CCC3)c1.I. The van der Waals surface area contributed by atoms with E-state index in [1.54, 1.807) is 0 Å². The average molecular weight is 464 g/mol. The summed E-state index contributed by atoms with van der Waals surface area (Å²) in [6.07, 6.45) is 3.62. The molecule has 0 aliphatic heterocycles. The number of nitrogens with one attached hydrogen (secondary N) is 1. The molecule has 0 fully saturated rings. The number of anilines is 1. The number of aryl methyl sites for hydroxylation is 2. The molecule has 2 aromatic rings. The molecular formula is C21H29IN4. The Kier molecular flexibility index (Phi) is 7.90. The second-order valence-electron chi connectivity index (χ2n) is 6.81. The van der Waals surface area contributed by atoms with Gasteiger partial charge in [-0.1, -0.05) is 37.3 Å². The number of aliphatic imine (C=N–C) groups is 1. The van der Waals surface area contributed by atoms with Crippen LogP contribution in [0.1, 0.15) is 35.6 Å². The molecule has 0 spiro atoms. The first-order valence-corrected chi connectivity index (χ1v) is 9.09. The topological polar surface area (TPSA) is 53.6 Å². The zero-order valence-corrected chi connectivity index (χ0v) is 18.0. The molecule has 5 heteroatoms. The summed E-state index contributed by atoms with van der Waals surface area (Å²) in [5, 5.41) is 3.22. The predicted octanol–water partition coefficient (Wildman–Crippen LogP) is 4.17. The highest BCUT2D eigenvalue weighted by atomic mass is 127. The summed E-state index contributed by atoms with van der Waals surface area (Å²) in [6, 6.07) is 15.0. The Morgan fingerprint density at radius 3 is 2.69 bits per heavy atom. The van der Waals surface area contributed by atoms with Gasteiger partial charge in [0.2, 0.25) is 0 Å². The summed E-state index contributed by atoms with van der Waals surface area (Å²) in [7, 11) is 2.13. The minimum Gasteiger partial charge on any atom is -0.370 e. The Balaban J connectivity index is 0.00000243. The van der Waals surface area contributed by atoms with E-state index in [1.807, 2.05) is 0 Å². The zero-order chi connectivity index (χ0) is 17.6. The molecule has 3 rings (SSSR count). The summed E-state index contributed by atoms with van der Waals surface area (Å²) < 4.78 is 0. The van der Waals surface area contributed by atoms with Crippen LogP contribution in [0.4, 0.5) is 5.69 Å². The van der Waals surface area contributed by atoms with E-state index in [0.717, 1.165) is 18.8 Å². The highest BCUT2D eigenvalue weighted by molar-refractivity contribution is 14.0. The molecule has 140 valence electrons. The molecule has 0 unspecified atom stereocenters. The lowest BCUT2D eigenvalue weighted by atomic mass is 10.1. The molecule has 1 aliphatic carbocycles. The van der Waals surface area contributed by atoms with Crippen LogP contribution >= 0.6 is 24.0 Å². The third kappa shape index (κ3) is 5.71. The van der Waals surface area contributed by atoms with Crippen LogP contribution < -0.4 is 11.1 Å². The molecule has 0 radical (unpaired) electrons. The minimum absolute atomic E-state index is 0. The van der Waals surface area contributed by atoms with Crippen molar-refractivity contribution in [3.8, 4) is 0 Å². The highest BCUT2D eigenvalue weighted by Gasteiger charge is 2.10. The first kappa shape index (κ1) is 20.7. The van der Waals surface area contributed by atoms with E-state index in [1.165, 1.54) is 41.5 Å². The molecule has 0 saturated carbocycles. The van der Waals surface area contributed by atoms with Crippen molar-refractivity contribution >= 4 is 35.6 Å². The summed E-state index contributed by atoms with van der Waals surface area (Å²) >= 11 is 0. The van der Waals surface area contributed by atoms with Gasteiger partial charge in [0, 0.05) is 12.2 Å². The monoisotopic (exact) mass is 464 g/mol. The maximum absolute atomic E-state index is 6.07. The van der Waals surface area contributed by atoms with E-state index >= 15 is 0 Å². The van der Waals surface area contributed by atoms with Gasteiger partial charge < -0.3 is 16.0 Å². The standard InChI is InChI=1S/C21H28N4.HI/c1-3-25(2)15-17-7-4-6-16(12-17)14-23-21(22)24-20-11-10-18-8-5-9-19(18)13-20;/h4,6-7,10-13H,3,5,8-9,14-15H2,1-2H3,(H3,22,23,24);1H. The summed E-state index contributed by atoms with van der Waals surface area (Å²) in [6.45, 7) is 4.75. The number of hydrogen-bond donors (Lipinski definition) is 2. The molecule has 1 aliphatic rings. The molecule has 0 aromatic heterocycles. The number of nitrogens with two attached hydrogens (primary N) is 1. The zero-order valence-electron chi connectivity index (χ0n) is 15.7. The van der Waals surface area contributed by atoms with Crippen molar-refractivity contribution in [1.29, 1.82) is 0 Å². The molecular weight excluding hydrogens is 435 g/mol. The van der Waals surface area contributed by atoms with Gasteiger partial charge in [0.1, 0.15) is 0 Å². The van der Waals surface area contributed by atoms with Crippen molar-refractivity contribution in [2.45, 2.75) is 39.3 Å². The lowest BCUT2D eigenvalue weighted by Crippen LogP contribution is -2.22. The van der Waals surface area contributed by atoms with Gasteiger partial charge >= 0.3 is 0 Å². The predicted molar refractivity (Wildman–Crippen MR) is 121 cm³/mol. The van der Waals surface area contributed by atoms with E-state index in [2.05, 4.69) is 71.6 Å². The normalized spacial score (nSPS) is 13.4. The van der Waals surface area contributed by atoms with Crippen molar-refractivity contribution in [2.24, 2.45) is 10.7 Å². The van der Waals surface area contributed by atoms with Gasteiger partial charge in [0.25, 0.3) is 0 Å². The fourth-order valence-electron chi connectivity index (χ4n) is 3.26. The van der Waals surface area contributed by atoms with Gasteiger partial charge in [0.05, 0.1) is 6.54 Å². The molecule has 2 aromatic carbocycles. The van der Waals surface area contributed by atoms with Crippen molar-refractivity contribution in [3.05, 3.63) is 64.7 Å². The number of hydrogen-bond acceptors (Lipinski definition) is 2. The molecule has 0 bridgehead atoms. The molecule has 3 N–H and O–H groups in total. The van der Waals surface area contributed by atoms with Crippen molar-refractivity contribution < 1.29 is 0 Å². The van der Waals surface area contributed by atoms with Gasteiger partial charge in [-0.15, -0.1) is 24.0 Å². The first-order chi connectivity index (χ1) is 12.1. The van der Waals surface area contributed by atoms with Gasteiger partial charge in [-0.2, -0.15) is 0 Å². The Morgan fingerprint density at radius 1 is 1.12 bits per heavy atom. The fourth-order valence-corrected chi connectivity index (χ4v) is 3.26. The van der Waals surface area contributed by atoms with E-state index in [-0.39, 0.29) is 24.0 Å². The number of fused-ring (bicyclic) bond motifs is 1. The second-order valence-corrected chi connectivity index (χ2v) is 6.81. The van der Waals surface area contributed by atoms with Crippen molar-refractivity contribution in [1.82, 2.24) is 4.90 Å². The van der Waals surface area contributed by atoms with Crippen LogP contribution in [0, 0.1) is 0 Å². The number of guanidine groups is 1. The van der Waals surface area contributed by atoms with E-state index in [0.29, 0.717) is 12.5 Å². The van der Waals surface area contributed by atoms with Crippen LogP contribution in [0.15, 0.2) is 47.5 Å². The molecule has 0 amide bonds. The third-order valence-corrected chi connectivity index (χ3v) is 4.79. The van der Waals surface area contributed by atoms with Gasteiger partial charge in [-0.3, -0.25) is 0 Å². The largest absolute Gasteiger partial charge is 0.370 e. The van der Waals surface area contributed by atoms with Crippen molar-refractivity contribution in [2.75, 3.05) is 18.9 Å². The van der Waals surface area contributed by atoms with Crippen LogP contribution in [0.25, 0.3) is 0 Å². The summed E-state index contributed by atoms with van der Waals surface area (Å²) in [4.78, 5) is 6.78. The number of rotatable bonds is 6. The molecule has 4 nitrogen and oxygen atoms in total.